The average molecular weight is 421 g/mol. The van der Waals surface area contributed by atoms with Crippen LogP contribution in [0.2, 0.25) is 0 Å². The largest absolute Gasteiger partial charge is 0.394 e. The Kier molecular flexibility index (Phi) is 5.02. The molecular weight excluding hydrogens is 394 g/mol. The molecule has 0 radical (unpaired) electrons. The van der Waals surface area contributed by atoms with Gasteiger partial charge >= 0.3 is 0 Å². The second-order valence-corrected chi connectivity index (χ2v) is 8.27. The first-order chi connectivity index (χ1) is 14.5. The minimum atomic E-state index is -0.807. The van der Waals surface area contributed by atoms with E-state index in [2.05, 4.69) is 22.2 Å². The van der Waals surface area contributed by atoms with Gasteiger partial charge in [0, 0.05) is 6.42 Å². The number of nitrogens with one attached hydrogen (secondary N) is 1. The highest BCUT2D eigenvalue weighted by molar-refractivity contribution is 5.72. The van der Waals surface area contributed by atoms with Gasteiger partial charge in [0.25, 0.3) is 5.56 Å². The summed E-state index contributed by atoms with van der Waals surface area (Å²) in [4.78, 5) is 22.0. The maximum atomic E-state index is 13.2. The number of hydrogen-bond donors (Lipinski definition) is 4. The van der Waals surface area contributed by atoms with E-state index in [9.17, 15) is 20.1 Å². The van der Waals surface area contributed by atoms with Gasteiger partial charge in [-0.05, 0) is 6.42 Å². The second-order valence-electron chi connectivity index (χ2n) is 8.27. The highest BCUT2D eigenvalue weighted by Crippen LogP contribution is 2.39. The minimum Gasteiger partial charge on any atom is -0.394 e. The summed E-state index contributed by atoms with van der Waals surface area (Å²) in [5.74, 6) is 0.313. The van der Waals surface area contributed by atoms with E-state index in [0.29, 0.717) is 11.6 Å². The molecule has 3 aliphatic heterocycles. The summed E-state index contributed by atoms with van der Waals surface area (Å²) in [7, 11) is 0. The van der Waals surface area contributed by atoms with Crippen LogP contribution >= 0.6 is 0 Å². The van der Waals surface area contributed by atoms with Crippen LogP contribution in [0.15, 0.2) is 11.1 Å². The first kappa shape index (κ1) is 19.9. The quantitative estimate of drug-likeness (QED) is 0.469. The Bertz CT molecular complexity index is 992. The van der Waals surface area contributed by atoms with Crippen molar-refractivity contribution in [2.45, 2.75) is 81.9 Å². The zero-order valence-corrected chi connectivity index (χ0v) is 16.7. The molecule has 2 saturated heterocycles. The highest BCUT2D eigenvalue weighted by atomic mass is 16.5. The Hall–Kier alpha value is -2.05. The fourth-order valence-electron chi connectivity index (χ4n) is 4.74. The maximum absolute atomic E-state index is 13.2. The number of rotatable bonds is 6. The summed E-state index contributed by atoms with van der Waals surface area (Å²) < 4.78 is 14.7. The van der Waals surface area contributed by atoms with Crippen molar-refractivity contribution in [3.8, 4) is 0 Å². The molecule has 0 spiro atoms. The zero-order chi connectivity index (χ0) is 21.0. The van der Waals surface area contributed by atoms with Crippen LogP contribution < -0.4 is 10.9 Å². The van der Waals surface area contributed by atoms with Crippen LogP contribution in [0.4, 0.5) is 5.95 Å². The monoisotopic (exact) mass is 421 g/mol. The summed E-state index contributed by atoms with van der Waals surface area (Å²) in [5.41, 5.74) is 0.125. The van der Waals surface area contributed by atoms with Gasteiger partial charge in [0.05, 0.1) is 25.1 Å². The molecule has 0 unspecified atom stereocenters. The third kappa shape index (κ3) is 2.95. The molecule has 5 heterocycles. The van der Waals surface area contributed by atoms with Gasteiger partial charge in [0.1, 0.15) is 24.5 Å². The van der Waals surface area contributed by atoms with Crippen molar-refractivity contribution >= 4 is 17.1 Å². The summed E-state index contributed by atoms with van der Waals surface area (Å²) >= 11 is 0. The van der Waals surface area contributed by atoms with E-state index in [1.807, 2.05) is 0 Å². The van der Waals surface area contributed by atoms with Crippen LogP contribution in [0.1, 0.15) is 51.3 Å². The van der Waals surface area contributed by atoms with Crippen LogP contribution in [0, 0.1) is 0 Å². The van der Waals surface area contributed by atoms with Gasteiger partial charge < -0.3 is 30.1 Å². The SMILES string of the molecule is CCCCC[C@H]1O[C@H]2Nc3nc4c(ncn4[C@H]4C[C@H](O)[C@@H](CO)O4)c(=O)n3[C@H]2[C@@H]1O. The van der Waals surface area contributed by atoms with Crippen LogP contribution in [0.3, 0.4) is 0 Å². The number of aliphatic hydroxyl groups is 3. The molecule has 30 heavy (non-hydrogen) atoms. The molecule has 11 heteroatoms. The predicted molar refractivity (Wildman–Crippen MR) is 105 cm³/mol. The first-order valence-corrected chi connectivity index (χ1v) is 10.6. The molecule has 5 rings (SSSR count). The van der Waals surface area contributed by atoms with Crippen molar-refractivity contribution in [2.75, 3.05) is 11.9 Å². The highest BCUT2D eigenvalue weighted by Gasteiger charge is 2.50. The van der Waals surface area contributed by atoms with E-state index in [-0.39, 0.29) is 30.2 Å². The molecule has 0 bridgehead atoms. The number of aliphatic hydroxyl groups excluding tert-OH is 3. The van der Waals surface area contributed by atoms with Crippen molar-refractivity contribution in [1.29, 1.82) is 0 Å². The molecule has 2 aromatic rings. The molecule has 0 aliphatic carbocycles. The molecule has 0 aromatic carbocycles. The lowest BCUT2D eigenvalue weighted by atomic mass is 10.0. The summed E-state index contributed by atoms with van der Waals surface area (Å²) in [5, 5.41) is 33.3. The number of aromatic nitrogens is 4. The topological polar surface area (TPSA) is 144 Å². The molecule has 7 atom stereocenters. The van der Waals surface area contributed by atoms with Crippen LogP contribution in [0.25, 0.3) is 11.2 Å². The Morgan fingerprint density at radius 3 is 2.83 bits per heavy atom. The fraction of sp³-hybridized carbons (Fsp3) is 0.737. The second kappa shape index (κ2) is 7.57. The lowest BCUT2D eigenvalue weighted by Crippen LogP contribution is -2.33. The molecular formula is C19H27N5O6. The van der Waals surface area contributed by atoms with Gasteiger partial charge in [-0.2, -0.15) is 4.98 Å². The van der Waals surface area contributed by atoms with Gasteiger partial charge in [0.2, 0.25) is 5.95 Å². The number of anilines is 1. The lowest BCUT2D eigenvalue weighted by Gasteiger charge is -2.18. The van der Waals surface area contributed by atoms with Crippen LogP contribution in [-0.2, 0) is 9.47 Å². The van der Waals surface area contributed by atoms with Gasteiger partial charge in [-0.15, -0.1) is 0 Å². The molecule has 164 valence electrons. The predicted octanol–water partition coefficient (Wildman–Crippen LogP) is -0.134. The van der Waals surface area contributed by atoms with Crippen LogP contribution in [0.5, 0.6) is 0 Å². The average Bonchev–Trinajstić information content (AvgIpc) is 3.46. The molecule has 3 aliphatic rings. The Morgan fingerprint density at radius 2 is 2.10 bits per heavy atom. The number of ether oxygens (including phenoxy) is 2. The van der Waals surface area contributed by atoms with E-state index in [0.717, 1.165) is 25.7 Å². The van der Waals surface area contributed by atoms with E-state index < -0.39 is 36.8 Å². The molecule has 11 nitrogen and oxygen atoms in total. The van der Waals surface area contributed by atoms with E-state index >= 15 is 0 Å². The standard InChI is InChI=1S/C19H27N5O6/c1-2-3-4-5-10-15(27)14-17(30-10)22-19-21-16-13(18(28)24(14)19)20-8-23(16)12-6-9(26)11(7-25)29-12/h8-12,14-15,17,25-27H,2-7H2,1H3,(H,21,22)/t9-,10+,11+,12+,14-,15+,17+/m0/s1. The van der Waals surface area contributed by atoms with Crippen LogP contribution in [-0.4, -0.2) is 71.7 Å². The van der Waals surface area contributed by atoms with Crippen molar-refractivity contribution < 1.29 is 24.8 Å². The zero-order valence-electron chi connectivity index (χ0n) is 16.7. The Balaban J connectivity index is 1.46. The van der Waals surface area contributed by atoms with Gasteiger partial charge in [-0.25, -0.2) is 4.98 Å². The number of hydrogen-bond acceptors (Lipinski definition) is 9. The van der Waals surface area contributed by atoms with Crippen molar-refractivity contribution in [3.05, 3.63) is 16.7 Å². The van der Waals surface area contributed by atoms with Gasteiger partial charge in [-0.1, -0.05) is 26.2 Å². The van der Waals surface area contributed by atoms with E-state index in [4.69, 9.17) is 9.47 Å². The molecule has 0 amide bonds. The molecule has 2 aromatic heterocycles. The first-order valence-electron chi connectivity index (χ1n) is 10.6. The number of fused-ring (bicyclic) bond motifs is 4. The third-order valence-corrected chi connectivity index (χ3v) is 6.35. The third-order valence-electron chi connectivity index (χ3n) is 6.35. The lowest BCUT2D eigenvalue weighted by molar-refractivity contribution is -0.0432. The van der Waals surface area contributed by atoms with Crippen molar-refractivity contribution in [3.63, 3.8) is 0 Å². The minimum absolute atomic E-state index is 0.161. The Morgan fingerprint density at radius 1 is 1.27 bits per heavy atom. The summed E-state index contributed by atoms with van der Waals surface area (Å²) in [6.45, 7) is 1.82. The van der Waals surface area contributed by atoms with E-state index in [1.165, 1.54) is 10.9 Å². The number of nitrogens with zero attached hydrogens (tertiary/aromatic N) is 4. The number of imidazole rings is 1. The van der Waals surface area contributed by atoms with E-state index in [1.54, 1.807) is 4.57 Å². The van der Waals surface area contributed by atoms with Crippen molar-refractivity contribution in [2.24, 2.45) is 0 Å². The molecule has 2 fully saturated rings. The van der Waals surface area contributed by atoms with Gasteiger partial charge in [0.15, 0.2) is 17.4 Å². The normalized spacial score (nSPS) is 35.0. The number of unbranched alkanes of at least 4 members (excludes halogenated alkanes) is 2. The smallest absolute Gasteiger partial charge is 0.283 e. The molecule has 0 saturated carbocycles. The summed E-state index contributed by atoms with van der Waals surface area (Å²) in [6, 6.07) is -0.551. The fourth-order valence-corrected chi connectivity index (χ4v) is 4.74. The maximum Gasteiger partial charge on any atom is 0.283 e. The summed E-state index contributed by atoms with van der Waals surface area (Å²) in [6.07, 6.45) is 1.85. The molecule has 4 N–H and O–H groups in total. The Labute approximate surface area is 172 Å². The van der Waals surface area contributed by atoms with Crippen molar-refractivity contribution in [1.82, 2.24) is 19.1 Å². The van der Waals surface area contributed by atoms with Gasteiger partial charge in [-0.3, -0.25) is 13.9 Å².